The largest absolute Gasteiger partial charge is 0.369 e. The number of nitrogens with zero attached hydrogens (tertiary/aromatic N) is 1. The Labute approximate surface area is 115 Å². The Bertz CT molecular complexity index is 437. The second-order valence-corrected chi connectivity index (χ2v) is 5.67. The number of nitrogens with two attached hydrogens (primary N) is 1. The Hall–Kier alpha value is -1.09. The molecule has 2 N–H and O–H groups in total. The van der Waals surface area contributed by atoms with Gasteiger partial charge in [-0.25, -0.2) is 4.39 Å². The second kappa shape index (κ2) is 5.91. The Balaban J connectivity index is 2.42. The van der Waals surface area contributed by atoms with E-state index in [9.17, 15) is 4.39 Å². The van der Waals surface area contributed by atoms with Crippen molar-refractivity contribution in [3.8, 4) is 0 Å². The van der Waals surface area contributed by atoms with E-state index in [0.29, 0.717) is 11.6 Å². The summed E-state index contributed by atoms with van der Waals surface area (Å²) in [5.41, 5.74) is 8.79. The van der Waals surface area contributed by atoms with Crippen molar-refractivity contribution in [1.29, 1.82) is 0 Å². The van der Waals surface area contributed by atoms with E-state index in [4.69, 9.17) is 5.73 Å². The summed E-state index contributed by atoms with van der Waals surface area (Å²) in [6.07, 6.45) is 5.08. The lowest BCUT2D eigenvalue weighted by Crippen LogP contribution is -2.34. The van der Waals surface area contributed by atoms with Crippen LogP contribution in [-0.4, -0.2) is 12.6 Å². The standard InChI is InChI=1S/C16H25FN2/c1-4-19(13-7-5-6-8-13)16-9-11(2)15(17)10-14(16)12(3)18/h9-10,12-13H,4-8,18H2,1-3H3/t12-/m0/s1. The minimum Gasteiger partial charge on any atom is -0.369 e. The van der Waals surface area contributed by atoms with E-state index in [-0.39, 0.29) is 11.9 Å². The Morgan fingerprint density at radius 3 is 2.53 bits per heavy atom. The smallest absolute Gasteiger partial charge is 0.126 e. The summed E-state index contributed by atoms with van der Waals surface area (Å²) < 4.78 is 13.8. The molecule has 1 aliphatic carbocycles. The number of rotatable bonds is 4. The molecule has 0 heterocycles. The van der Waals surface area contributed by atoms with Gasteiger partial charge in [0.05, 0.1) is 0 Å². The van der Waals surface area contributed by atoms with Crippen LogP contribution in [0.4, 0.5) is 10.1 Å². The highest BCUT2D eigenvalue weighted by molar-refractivity contribution is 5.58. The number of hydrogen-bond donors (Lipinski definition) is 1. The molecule has 0 aromatic heterocycles. The molecule has 0 aliphatic heterocycles. The molecule has 1 atom stereocenters. The fraction of sp³-hybridized carbons (Fsp3) is 0.625. The lowest BCUT2D eigenvalue weighted by Gasteiger charge is -2.33. The van der Waals surface area contributed by atoms with E-state index in [1.54, 1.807) is 6.07 Å². The van der Waals surface area contributed by atoms with Crippen molar-refractivity contribution in [3.63, 3.8) is 0 Å². The molecule has 0 unspecified atom stereocenters. The lowest BCUT2D eigenvalue weighted by molar-refractivity contribution is 0.598. The van der Waals surface area contributed by atoms with Crippen LogP contribution >= 0.6 is 0 Å². The minimum absolute atomic E-state index is 0.138. The van der Waals surface area contributed by atoms with Crippen molar-refractivity contribution in [2.75, 3.05) is 11.4 Å². The second-order valence-electron chi connectivity index (χ2n) is 5.67. The van der Waals surface area contributed by atoms with Crippen LogP contribution in [0.3, 0.4) is 0 Å². The SMILES string of the molecule is CCN(c1cc(C)c(F)cc1[C@H](C)N)C1CCCC1. The predicted molar refractivity (Wildman–Crippen MR) is 79.0 cm³/mol. The van der Waals surface area contributed by atoms with Gasteiger partial charge in [0.15, 0.2) is 0 Å². The highest BCUT2D eigenvalue weighted by Crippen LogP contribution is 2.33. The van der Waals surface area contributed by atoms with Crippen molar-refractivity contribution in [2.24, 2.45) is 5.73 Å². The molecular weight excluding hydrogens is 239 g/mol. The molecule has 3 heteroatoms. The fourth-order valence-electron chi connectivity index (χ4n) is 3.14. The van der Waals surface area contributed by atoms with E-state index >= 15 is 0 Å². The van der Waals surface area contributed by atoms with Gasteiger partial charge in [0, 0.05) is 24.3 Å². The highest BCUT2D eigenvalue weighted by Gasteiger charge is 2.24. The third-order valence-corrected chi connectivity index (χ3v) is 4.21. The summed E-state index contributed by atoms with van der Waals surface area (Å²) in [5.74, 6) is -0.154. The van der Waals surface area contributed by atoms with E-state index < -0.39 is 0 Å². The molecule has 0 radical (unpaired) electrons. The Morgan fingerprint density at radius 1 is 1.37 bits per heavy atom. The summed E-state index contributed by atoms with van der Waals surface area (Å²) in [6, 6.07) is 4.04. The van der Waals surface area contributed by atoms with Crippen molar-refractivity contribution in [3.05, 3.63) is 29.1 Å². The first kappa shape index (κ1) is 14.3. The van der Waals surface area contributed by atoms with E-state index in [2.05, 4.69) is 11.8 Å². The van der Waals surface area contributed by atoms with Crippen molar-refractivity contribution in [2.45, 2.75) is 58.5 Å². The fourth-order valence-corrected chi connectivity index (χ4v) is 3.14. The average molecular weight is 264 g/mol. The minimum atomic E-state index is -0.154. The molecule has 1 aromatic carbocycles. The molecule has 106 valence electrons. The number of halogens is 1. The van der Waals surface area contributed by atoms with Gasteiger partial charge in [0.2, 0.25) is 0 Å². The third-order valence-electron chi connectivity index (χ3n) is 4.21. The zero-order valence-electron chi connectivity index (χ0n) is 12.2. The summed E-state index contributed by atoms with van der Waals surface area (Å²) in [4.78, 5) is 2.41. The number of anilines is 1. The van der Waals surface area contributed by atoms with Crippen LogP contribution in [0.1, 0.15) is 56.7 Å². The van der Waals surface area contributed by atoms with Crippen LogP contribution in [0.15, 0.2) is 12.1 Å². The van der Waals surface area contributed by atoms with Gasteiger partial charge in [0.1, 0.15) is 5.82 Å². The topological polar surface area (TPSA) is 29.3 Å². The first-order valence-electron chi connectivity index (χ1n) is 7.36. The summed E-state index contributed by atoms with van der Waals surface area (Å²) >= 11 is 0. The molecule has 0 saturated heterocycles. The predicted octanol–water partition coefficient (Wildman–Crippen LogP) is 3.92. The van der Waals surface area contributed by atoms with Crippen LogP contribution in [0.2, 0.25) is 0 Å². The van der Waals surface area contributed by atoms with Crippen molar-refractivity contribution < 1.29 is 4.39 Å². The highest BCUT2D eigenvalue weighted by atomic mass is 19.1. The maximum atomic E-state index is 13.8. The number of benzene rings is 1. The number of aryl methyl sites for hydroxylation is 1. The summed E-state index contributed by atoms with van der Waals surface area (Å²) in [6.45, 7) is 6.87. The zero-order valence-corrected chi connectivity index (χ0v) is 12.2. The molecule has 2 nitrogen and oxygen atoms in total. The van der Waals surface area contributed by atoms with Gasteiger partial charge < -0.3 is 10.6 Å². The maximum absolute atomic E-state index is 13.8. The molecule has 2 rings (SSSR count). The van der Waals surface area contributed by atoms with Crippen LogP contribution in [-0.2, 0) is 0 Å². The quantitative estimate of drug-likeness (QED) is 0.893. The third kappa shape index (κ3) is 2.92. The van der Waals surface area contributed by atoms with Crippen LogP contribution in [0, 0.1) is 12.7 Å². The molecule has 1 fully saturated rings. The van der Waals surface area contributed by atoms with Gasteiger partial charge in [-0.2, -0.15) is 0 Å². The zero-order chi connectivity index (χ0) is 14.0. The van der Waals surface area contributed by atoms with Crippen LogP contribution < -0.4 is 10.6 Å². The average Bonchev–Trinajstić information content (AvgIpc) is 2.87. The lowest BCUT2D eigenvalue weighted by atomic mass is 10.0. The van der Waals surface area contributed by atoms with Gasteiger partial charge in [-0.05, 0) is 56.9 Å². The molecule has 1 aromatic rings. The molecule has 0 spiro atoms. The van der Waals surface area contributed by atoms with Gasteiger partial charge >= 0.3 is 0 Å². The Kier molecular flexibility index (Phi) is 4.46. The molecule has 0 amide bonds. The first-order valence-corrected chi connectivity index (χ1v) is 7.36. The van der Waals surface area contributed by atoms with E-state index in [1.165, 1.54) is 25.7 Å². The molecule has 1 saturated carbocycles. The maximum Gasteiger partial charge on any atom is 0.126 e. The normalized spacial score (nSPS) is 17.7. The van der Waals surface area contributed by atoms with Crippen molar-refractivity contribution in [1.82, 2.24) is 0 Å². The monoisotopic (exact) mass is 264 g/mol. The summed E-state index contributed by atoms with van der Waals surface area (Å²) in [7, 11) is 0. The van der Waals surface area contributed by atoms with Gasteiger partial charge in [-0.3, -0.25) is 0 Å². The molecule has 1 aliphatic rings. The van der Waals surface area contributed by atoms with Gasteiger partial charge in [-0.1, -0.05) is 12.8 Å². The Morgan fingerprint density at radius 2 is 2.00 bits per heavy atom. The van der Waals surface area contributed by atoms with Crippen LogP contribution in [0.5, 0.6) is 0 Å². The molecular formula is C16H25FN2. The van der Waals surface area contributed by atoms with Crippen molar-refractivity contribution >= 4 is 5.69 Å². The van der Waals surface area contributed by atoms with Gasteiger partial charge in [0.25, 0.3) is 0 Å². The first-order chi connectivity index (χ1) is 9.04. The number of hydrogen-bond acceptors (Lipinski definition) is 2. The molecule has 19 heavy (non-hydrogen) atoms. The van der Waals surface area contributed by atoms with E-state index in [1.807, 2.05) is 19.9 Å². The van der Waals surface area contributed by atoms with Crippen LogP contribution in [0.25, 0.3) is 0 Å². The van der Waals surface area contributed by atoms with Gasteiger partial charge in [-0.15, -0.1) is 0 Å². The van der Waals surface area contributed by atoms with E-state index in [0.717, 1.165) is 17.8 Å². The molecule has 0 bridgehead atoms. The summed E-state index contributed by atoms with van der Waals surface area (Å²) in [5, 5.41) is 0.